The van der Waals surface area contributed by atoms with Crippen molar-refractivity contribution in [1.29, 1.82) is 0 Å². The van der Waals surface area contributed by atoms with Gasteiger partial charge in [0.25, 0.3) is 5.91 Å². The first-order valence-corrected chi connectivity index (χ1v) is 10.9. The third-order valence-electron chi connectivity index (χ3n) is 6.07. The Morgan fingerprint density at radius 2 is 1.94 bits per heavy atom. The number of amides is 3. The normalized spacial score (nSPS) is 20.1. The highest BCUT2D eigenvalue weighted by atomic mass is 16.5. The molecule has 0 bridgehead atoms. The van der Waals surface area contributed by atoms with Gasteiger partial charge in [-0.2, -0.15) is 4.98 Å². The van der Waals surface area contributed by atoms with Crippen molar-refractivity contribution in [2.45, 2.75) is 44.4 Å². The molecule has 4 heterocycles. The number of ether oxygens (including phenoxy) is 1. The van der Waals surface area contributed by atoms with Crippen LogP contribution < -0.4 is 10.1 Å². The van der Waals surface area contributed by atoms with Crippen LogP contribution >= 0.6 is 0 Å². The van der Waals surface area contributed by atoms with Crippen LogP contribution in [0.15, 0.2) is 42.6 Å². The minimum atomic E-state index is -0.636. The van der Waals surface area contributed by atoms with Crippen LogP contribution in [-0.4, -0.2) is 54.7 Å². The Balaban J connectivity index is 1.23. The Morgan fingerprint density at radius 1 is 1.06 bits per heavy atom. The van der Waals surface area contributed by atoms with Gasteiger partial charge in [0.15, 0.2) is 5.82 Å². The number of hydrogen-bond donors (Lipinski definition) is 1. The third-order valence-corrected chi connectivity index (χ3v) is 6.07. The van der Waals surface area contributed by atoms with Gasteiger partial charge < -0.3 is 9.64 Å². The number of benzene rings is 1. The van der Waals surface area contributed by atoms with Gasteiger partial charge in [0.05, 0.1) is 6.20 Å². The number of hydrogen-bond acceptors (Lipinski definition) is 7. The average molecular weight is 444 g/mol. The largest absolute Gasteiger partial charge is 0.474 e. The molecule has 2 aliphatic heterocycles. The van der Waals surface area contributed by atoms with E-state index in [0.717, 1.165) is 24.0 Å². The van der Waals surface area contributed by atoms with E-state index >= 15 is 0 Å². The monoisotopic (exact) mass is 444 g/mol. The molecule has 3 aromatic rings. The second-order valence-corrected chi connectivity index (χ2v) is 8.47. The summed E-state index contributed by atoms with van der Waals surface area (Å²) in [5.74, 6) is 0.246. The van der Waals surface area contributed by atoms with Gasteiger partial charge in [-0.1, -0.05) is 17.3 Å². The molecule has 10 nitrogen and oxygen atoms in total. The number of carbonyl (C=O) groups excluding carboxylic acids is 3. The lowest BCUT2D eigenvalue weighted by molar-refractivity contribution is -0.136. The molecule has 2 fully saturated rings. The van der Waals surface area contributed by atoms with Crippen molar-refractivity contribution in [3.8, 4) is 23.0 Å². The smallest absolute Gasteiger partial charge is 0.255 e. The lowest BCUT2D eigenvalue weighted by Gasteiger charge is -2.29. The first-order valence-electron chi connectivity index (χ1n) is 10.9. The fraction of sp³-hybridized carbons (Fsp3) is 0.304. The van der Waals surface area contributed by atoms with Crippen molar-refractivity contribution < 1.29 is 19.1 Å². The molecule has 3 amide bonds. The molecule has 3 aliphatic rings. The van der Waals surface area contributed by atoms with Gasteiger partial charge in [0.1, 0.15) is 17.8 Å². The number of aromatic nitrogens is 4. The predicted molar refractivity (Wildman–Crippen MR) is 114 cm³/mol. The highest BCUT2D eigenvalue weighted by molar-refractivity contribution is 6.05. The van der Waals surface area contributed by atoms with Gasteiger partial charge in [-0.25, -0.2) is 4.68 Å². The topological polar surface area (TPSA) is 119 Å². The molecule has 33 heavy (non-hydrogen) atoms. The fourth-order valence-electron chi connectivity index (χ4n) is 4.20. The van der Waals surface area contributed by atoms with Crippen LogP contribution in [0.5, 0.6) is 5.88 Å². The fourth-order valence-corrected chi connectivity index (χ4v) is 4.20. The summed E-state index contributed by atoms with van der Waals surface area (Å²) in [7, 11) is 0. The summed E-state index contributed by atoms with van der Waals surface area (Å²) in [6.07, 6.45) is 4.71. The molecule has 1 aromatic carbocycles. The Hall–Kier alpha value is -4.08. The summed E-state index contributed by atoms with van der Waals surface area (Å²) in [6.45, 7) is 0.310. The maximum absolute atomic E-state index is 12.9. The van der Waals surface area contributed by atoms with Crippen molar-refractivity contribution in [1.82, 2.24) is 30.2 Å². The van der Waals surface area contributed by atoms with E-state index in [9.17, 15) is 14.4 Å². The Bertz CT molecular complexity index is 1300. The number of fused-ring (bicyclic) bond motifs is 1. The predicted octanol–water partition coefficient (Wildman–Crippen LogP) is 1.63. The van der Waals surface area contributed by atoms with Crippen LogP contribution in [0.3, 0.4) is 0 Å². The molecular weight excluding hydrogens is 424 g/mol. The maximum Gasteiger partial charge on any atom is 0.255 e. The van der Waals surface area contributed by atoms with Crippen LogP contribution in [0, 0.1) is 0 Å². The molecule has 1 N–H and O–H groups in total. The van der Waals surface area contributed by atoms with Crippen LogP contribution in [0.25, 0.3) is 17.1 Å². The summed E-state index contributed by atoms with van der Waals surface area (Å²) in [5, 5.41) is 10.8. The summed E-state index contributed by atoms with van der Waals surface area (Å²) >= 11 is 0. The molecule has 1 aliphatic carbocycles. The first kappa shape index (κ1) is 19.6. The quantitative estimate of drug-likeness (QED) is 0.594. The molecule has 1 saturated carbocycles. The highest BCUT2D eigenvalue weighted by Crippen LogP contribution is 2.31. The van der Waals surface area contributed by atoms with Gasteiger partial charge >= 0.3 is 0 Å². The minimum Gasteiger partial charge on any atom is -0.474 e. The van der Waals surface area contributed by atoms with E-state index in [-0.39, 0.29) is 24.3 Å². The van der Waals surface area contributed by atoms with Crippen molar-refractivity contribution in [3.63, 3.8) is 0 Å². The molecule has 1 atom stereocenters. The molecule has 1 saturated heterocycles. The molecule has 1 unspecified atom stereocenters. The zero-order valence-corrected chi connectivity index (χ0v) is 17.6. The number of imide groups is 1. The third kappa shape index (κ3) is 3.63. The van der Waals surface area contributed by atoms with E-state index in [4.69, 9.17) is 4.74 Å². The molecule has 2 aromatic heterocycles. The lowest BCUT2D eigenvalue weighted by Crippen LogP contribution is -2.52. The maximum atomic E-state index is 12.9. The molecule has 166 valence electrons. The second-order valence-electron chi connectivity index (χ2n) is 8.47. The molecule has 0 radical (unpaired) electrons. The first-order chi connectivity index (χ1) is 16.0. The van der Waals surface area contributed by atoms with Gasteiger partial charge in [-0.15, -0.1) is 5.10 Å². The minimum absolute atomic E-state index is 0.202. The second kappa shape index (κ2) is 7.51. The number of nitrogens with one attached hydrogen (secondary N) is 1. The van der Waals surface area contributed by atoms with Crippen molar-refractivity contribution >= 4 is 17.7 Å². The van der Waals surface area contributed by atoms with E-state index in [2.05, 4.69) is 20.6 Å². The zero-order chi connectivity index (χ0) is 22.5. The Labute approximate surface area is 188 Å². The van der Waals surface area contributed by atoms with Crippen LogP contribution in [0.4, 0.5) is 0 Å². The molecule has 0 spiro atoms. The lowest BCUT2D eigenvalue weighted by atomic mass is 10.0. The van der Waals surface area contributed by atoms with Gasteiger partial charge in [0.2, 0.25) is 17.7 Å². The Morgan fingerprint density at radius 3 is 2.76 bits per heavy atom. The van der Waals surface area contributed by atoms with Gasteiger partial charge in [0, 0.05) is 30.2 Å². The number of rotatable bonds is 5. The summed E-state index contributed by atoms with van der Waals surface area (Å²) in [5.41, 5.74) is 2.82. The highest BCUT2D eigenvalue weighted by Gasteiger charge is 2.39. The standard InChI is InChI=1S/C23H20N6O4/c30-20-9-8-18(22(31)25-20)28-11-14-10-13(4-7-16(14)23(28)32)17-12-29(27-26-17)19-2-1-3-21(24-19)33-15-5-6-15/h1-4,7,10,12,15,18H,5-6,8-9,11H2,(H,25,30,31). The zero-order valence-electron chi connectivity index (χ0n) is 17.6. The SMILES string of the molecule is O=C1CCC(N2Cc3cc(-c4cn(-c5cccc(OC6CC6)n5)nn4)ccc3C2=O)C(=O)N1. The van der Waals surface area contributed by atoms with Crippen LogP contribution in [-0.2, 0) is 16.1 Å². The summed E-state index contributed by atoms with van der Waals surface area (Å²) < 4.78 is 7.34. The number of pyridine rings is 1. The van der Waals surface area contributed by atoms with E-state index in [1.807, 2.05) is 30.3 Å². The van der Waals surface area contributed by atoms with Crippen molar-refractivity contribution in [2.24, 2.45) is 0 Å². The number of nitrogens with zero attached hydrogens (tertiary/aromatic N) is 5. The summed E-state index contributed by atoms with van der Waals surface area (Å²) in [4.78, 5) is 42.6. The van der Waals surface area contributed by atoms with E-state index in [1.54, 1.807) is 16.9 Å². The Kier molecular flexibility index (Phi) is 4.46. The average Bonchev–Trinajstić information content (AvgIpc) is 3.37. The van der Waals surface area contributed by atoms with Crippen molar-refractivity contribution in [2.75, 3.05) is 0 Å². The molecule has 10 heteroatoms. The van der Waals surface area contributed by atoms with Crippen molar-refractivity contribution in [3.05, 3.63) is 53.7 Å². The van der Waals surface area contributed by atoms with Gasteiger partial charge in [-0.05, 0) is 43.0 Å². The van der Waals surface area contributed by atoms with Gasteiger partial charge in [-0.3, -0.25) is 19.7 Å². The van der Waals surface area contributed by atoms with E-state index < -0.39 is 11.9 Å². The summed E-state index contributed by atoms with van der Waals surface area (Å²) in [6, 6.07) is 10.4. The van der Waals surface area contributed by atoms with E-state index in [0.29, 0.717) is 35.9 Å². The van der Waals surface area contributed by atoms with E-state index in [1.165, 1.54) is 4.90 Å². The van der Waals surface area contributed by atoms with Crippen LogP contribution in [0.1, 0.15) is 41.6 Å². The number of piperidine rings is 1. The molecule has 6 rings (SSSR count). The molecular formula is C23H20N6O4. The number of carbonyl (C=O) groups is 3. The van der Waals surface area contributed by atoms with Crippen LogP contribution in [0.2, 0.25) is 0 Å².